The average molecular weight is 290 g/mol. The first kappa shape index (κ1) is 13.7. The van der Waals surface area contributed by atoms with Gasteiger partial charge < -0.3 is 15.2 Å². The molecule has 0 aliphatic heterocycles. The third-order valence-electron chi connectivity index (χ3n) is 3.20. The quantitative estimate of drug-likeness (QED) is 0.784. The summed E-state index contributed by atoms with van der Waals surface area (Å²) in [5.41, 5.74) is 0.898. The van der Waals surface area contributed by atoms with Crippen LogP contribution in [0.2, 0.25) is 0 Å². The van der Waals surface area contributed by atoms with Gasteiger partial charge in [0, 0.05) is 31.3 Å². The number of hydrogen-bond donors (Lipinski definition) is 2. The topological polar surface area (TPSA) is 97.9 Å². The zero-order valence-corrected chi connectivity index (χ0v) is 11.9. The Bertz CT molecular complexity index is 616. The summed E-state index contributed by atoms with van der Waals surface area (Å²) in [6.45, 7) is 2.99. The number of aromatic nitrogens is 4. The minimum Gasteiger partial charge on any atom is -0.360 e. The van der Waals surface area contributed by atoms with Crippen molar-refractivity contribution < 1.29 is 9.32 Å². The number of aryl methyl sites for hydroxylation is 2. The van der Waals surface area contributed by atoms with Crippen LogP contribution in [0.25, 0.3) is 0 Å². The van der Waals surface area contributed by atoms with E-state index in [0.29, 0.717) is 30.6 Å². The predicted octanol–water partition coefficient (Wildman–Crippen LogP) is 0.855. The van der Waals surface area contributed by atoms with Gasteiger partial charge in [-0.05, 0) is 19.8 Å². The molecule has 0 atom stereocenters. The molecular formula is C13H18N6O2. The molecule has 0 radical (unpaired) electrons. The molecule has 0 aromatic carbocycles. The molecule has 21 heavy (non-hydrogen) atoms. The number of carbonyl (C=O) groups excluding carboxylic acids is 1. The fraction of sp³-hybridized carbons (Fsp3) is 0.538. The minimum absolute atomic E-state index is 0.128. The maximum Gasteiger partial charge on any atom is 0.227 e. The Morgan fingerprint density at radius 2 is 2.38 bits per heavy atom. The smallest absolute Gasteiger partial charge is 0.227 e. The number of carbonyl (C=O) groups is 1. The van der Waals surface area contributed by atoms with Crippen molar-refractivity contribution in [2.75, 3.05) is 5.32 Å². The van der Waals surface area contributed by atoms with Crippen molar-refractivity contribution in [3.8, 4) is 0 Å². The SMILES string of the molecule is Cc1cc(NC(=O)CCn2cc(CNC3CC3)nn2)no1. The second-order valence-electron chi connectivity index (χ2n) is 5.25. The van der Waals surface area contributed by atoms with Gasteiger partial charge in [0.25, 0.3) is 0 Å². The van der Waals surface area contributed by atoms with Gasteiger partial charge in [0.05, 0.1) is 12.2 Å². The Balaban J connectivity index is 1.42. The Kier molecular flexibility index (Phi) is 3.96. The van der Waals surface area contributed by atoms with Crippen molar-refractivity contribution in [2.24, 2.45) is 0 Å². The fourth-order valence-electron chi connectivity index (χ4n) is 1.91. The van der Waals surface area contributed by atoms with Gasteiger partial charge in [-0.25, -0.2) is 0 Å². The normalized spacial score (nSPS) is 14.3. The molecule has 2 N–H and O–H groups in total. The highest BCUT2D eigenvalue weighted by atomic mass is 16.5. The maximum atomic E-state index is 11.8. The Hall–Kier alpha value is -2.22. The maximum absolute atomic E-state index is 11.8. The molecule has 0 spiro atoms. The van der Waals surface area contributed by atoms with Gasteiger partial charge in [0.15, 0.2) is 5.82 Å². The average Bonchev–Trinajstić information content (AvgIpc) is 3.03. The van der Waals surface area contributed by atoms with E-state index in [0.717, 1.165) is 12.2 Å². The van der Waals surface area contributed by atoms with E-state index in [4.69, 9.17) is 4.52 Å². The van der Waals surface area contributed by atoms with E-state index in [1.165, 1.54) is 12.8 Å². The molecular weight excluding hydrogens is 272 g/mol. The lowest BCUT2D eigenvalue weighted by molar-refractivity contribution is -0.116. The molecule has 0 unspecified atom stereocenters. The van der Waals surface area contributed by atoms with Crippen molar-refractivity contribution in [3.05, 3.63) is 23.7 Å². The van der Waals surface area contributed by atoms with Gasteiger partial charge >= 0.3 is 0 Å². The number of nitrogens with zero attached hydrogens (tertiary/aromatic N) is 4. The predicted molar refractivity (Wildman–Crippen MR) is 74.4 cm³/mol. The molecule has 3 rings (SSSR count). The summed E-state index contributed by atoms with van der Waals surface area (Å²) in [6.07, 6.45) is 4.67. The largest absolute Gasteiger partial charge is 0.360 e. The molecule has 2 heterocycles. The van der Waals surface area contributed by atoms with E-state index in [1.54, 1.807) is 17.7 Å². The lowest BCUT2D eigenvalue weighted by Gasteiger charge is -2.01. The van der Waals surface area contributed by atoms with E-state index in [1.807, 2.05) is 6.20 Å². The van der Waals surface area contributed by atoms with Gasteiger partial charge in [-0.2, -0.15) is 0 Å². The molecule has 0 bridgehead atoms. The fourth-order valence-corrected chi connectivity index (χ4v) is 1.91. The van der Waals surface area contributed by atoms with Gasteiger partial charge in [0.2, 0.25) is 5.91 Å². The van der Waals surface area contributed by atoms with E-state index >= 15 is 0 Å². The van der Waals surface area contributed by atoms with Gasteiger partial charge in [-0.15, -0.1) is 5.10 Å². The van der Waals surface area contributed by atoms with Gasteiger partial charge in [-0.3, -0.25) is 9.48 Å². The van der Waals surface area contributed by atoms with Crippen LogP contribution in [0.15, 0.2) is 16.8 Å². The van der Waals surface area contributed by atoms with Crippen LogP contribution in [0, 0.1) is 6.92 Å². The zero-order valence-electron chi connectivity index (χ0n) is 11.9. The number of rotatable bonds is 7. The minimum atomic E-state index is -0.128. The van der Waals surface area contributed by atoms with E-state index in [-0.39, 0.29) is 5.91 Å². The molecule has 1 aliphatic carbocycles. The molecule has 2 aromatic heterocycles. The van der Waals surface area contributed by atoms with Crippen LogP contribution in [-0.4, -0.2) is 32.1 Å². The van der Waals surface area contributed by atoms with Crippen LogP contribution >= 0.6 is 0 Å². The summed E-state index contributed by atoms with van der Waals surface area (Å²) in [6, 6.07) is 2.32. The van der Waals surface area contributed by atoms with Crippen molar-refractivity contribution >= 4 is 11.7 Å². The standard InChI is InChI=1S/C13H18N6O2/c1-9-6-12(17-21-9)15-13(20)4-5-19-8-11(16-18-19)7-14-10-2-3-10/h6,8,10,14H,2-5,7H2,1H3,(H,15,17,20). The Labute approximate surface area is 121 Å². The number of hydrogen-bond acceptors (Lipinski definition) is 6. The highest BCUT2D eigenvalue weighted by Crippen LogP contribution is 2.18. The molecule has 1 amide bonds. The number of amides is 1. The highest BCUT2D eigenvalue weighted by molar-refractivity contribution is 5.89. The summed E-state index contributed by atoms with van der Waals surface area (Å²) < 4.78 is 6.56. The molecule has 8 nitrogen and oxygen atoms in total. The molecule has 1 fully saturated rings. The third-order valence-corrected chi connectivity index (χ3v) is 3.20. The van der Waals surface area contributed by atoms with Gasteiger partial charge in [0.1, 0.15) is 5.76 Å². The van der Waals surface area contributed by atoms with Crippen molar-refractivity contribution in [2.45, 2.75) is 45.3 Å². The monoisotopic (exact) mass is 290 g/mol. The first-order chi connectivity index (χ1) is 10.2. The van der Waals surface area contributed by atoms with E-state index < -0.39 is 0 Å². The van der Waals surface area contributed by atoms with Crippen LogP contribution in [0.4, 0.5) is 5.82 Å². The summed E-state index contributed by atoms with van der Waals surface area (Å²) in [5.74, 6) is 0.969. The number of nitrogens with one attached hydrogen (secondary N) is 2. The second kappa shape index (κ2) is 6.04. The first-order valence-electron chi connectivity index (χ1n) is 7.04. The van der Waals surface area contributed by atoms with E-state index in [9.17, 15) is 4.79 Å². The van der Waals surface area contributed by atoms with Crippen molar-refractivity contribution in [1.29, 1.82) is 0 Å². The van der Waals surface area contributed by atoms with Crippen molar-refractivity contribution in [3.63, 3.8) is 0 Å². The summed E-state index contributed by atoms with van der Waals surface area (Å²) in [4.78, 5) is 11.8. The van der Waals surface area contributed by atoms with Gasteiger partial charge in [-0.1, -0.05) is 10.4 Å². The molecule has 2 aromatic rings. The van der Waals surface area contributed by atoms with Crippen LogP contribution in [0.1, 0.15) is 30.7 Å². The number of anilines is 1. The van der Waals surface area contributed by atoms with E-state index in [2.05, 4.69) is 26.1 Å². The molecule has 112 valence electrons. The summed E-state index contributed by atoms with van der Waals surface area (Å²) in [5, 5.41) is 17.8. The lowest BCUT2D eigenvalue weighted by atomic mass is 10.4. The molecule has 8 heteroatoms. The molecule has 0 saturated heterocycles. The summed E-state index contributed by atoms with van der Waals surface area (Å²) >= 11 is 0. The second-order valence-corrected chi connectivity index (χ2v) is 5.25. The third kappa shape index (κ3) is 4.12. The molecule has 1 aliphatic rings. The Morgan fingerprint density at radius 1 is 1.52 bits per heavy atom. The highest BCUT2D eigenvalue weighted by Gasteiger charge is 2.20. The van der Waals surface area contributed by atoms with Crippen LogP contribution in [-0.2, 0) is 17.9 Å². The van der Waals surface area contributed by atoms with Crippen LogP contribution in [0.5, 0.6) is 0 Å². The van der Waals surface area contributed by atoms with Crippen LogP contribution < -0.4 is 10.6 Å². The lowest BCUT2D eigenvalue weighted by Crippen LogP contribution is -2.15. The van der Waals surface area contributed by atoms with Crippen LogP contribution in [0.3, 0.4) is 0 Å². The molecule has 1 saturated carbocycles. The zero-order chi connectivity index (χ0) is 14.7. The first-order valence-corrected chi connectivity index (χ1v) is 7.04. The van der Waals surface area contributed by atoms with Crippen molar-refractivity contribution in [1.82, 2.24) is 25.5 Å². The Morgan fingerprint density at radius 3 is 3.10 bits per heavy atom. The summed E-state index contributed by atoms with van der Waals surface area (Å²) in [7, 11) is 0.